The number of nitrogens with one attached hydrogen (secondary N) is 2. The number of carbonyl (C=O) groups is 3. The van der Waals surface area contributed by atoms with Crippen LogP contribution in [0.2, 0.25) is 0 Å². The summed E-state index contributed by atoms with van der Waals surface area (Å²) in [5.74, 6) is -0.922. The Bertz CT molecular complexity index is 1320. The second-order valence-electron chi connectivity index (χ2n) is 9.61. The molecular weight excluding hydrogens is 499 g/mol. The molecule has 0 unspecified atom stereocenters. The lowest BCUT2D eigenvalue weighted by Crippen LogP contribution is -2.49. The summed E-state index contributed by atoms with van der Waals surface area (Å²) in [4.78, 5) is 49.0. The van der Waals surface area contributed by atoms with Gasteiger partial charge in [-0.15, -0.1) is 0 Å². The molecule has 2 N–H and O–H groups in total. The number of carbonyl (C=O) groups excluding carboxylic acids is 3. The standard InChI is InChI=1S/C29H31FN6O3/c30-24-7-4-21(5-8-24)28(38)36-17-15-34(16-18-36)26-9-6-22(29(39)35-13-2-11-31-12-14-35)19-25(26)33-27(37)23-3-1-10-32-20-23/h1,3-10,19-20,31H,2,11-18H2,(H,33,37). The summed E-state index contributed by atoms with van der Waals surface area (Å²) in [5.41, 5.74) is 2.66. The van der Waals surface area contributed by atoms with E-state index in [1.54, 1.807) is 35.4 Å². The van der Waals surface area contributed by atoms with Gasteiger partial charge < -0.3 is 25.3 Å². The topological polar surface area (TPSA) is 97.9 Å². The summed E-state index contributed by atoms with van der Waals surface area (Å²) in [7, 11) is 0. The molecule has 0 aliphatic carbocycles. The van der Waals surface area contributed by atoms with Crippen molar-refractivity contribution >= 4 is 29.1 Å². The molecule has 3 heterocycles. The van der Waals surface area contributed by atoms with E-state index in [4.69, 9.17) is 0 Å². The molecule has 10 heteroatoms. The van der Waals surface area contributed by atoms with Gasteiger partial charge in [-0.05, 0) is 67.6 Å². The van der Waals surface area contributed by atoms with Gasteiger partial charge in [0.25, 0.3) is 17.7 Å². The summed E-state index contributed by atoms with van der Waals surface area (Å²) < 4.78 is 13.3. The van der Waals surface area contributed by atoms with Gasteiger partial charge in [-0.25, -0.2) is 4.39 Å². The quantitative estimate of drug-likeness (QED) is 0.527. The third-order valence-electron chi connectivity index (χ3n) is 7.04. The van der Waals surface area contributed by atoms with Gasteiger partial charge in [-0.2, -0.15) is 0 Å². The molecule has 0 atom stereocenters. The fourth-order valence-corrected chi connectivity index (χ4v) is 4.89. The van der Waals surface area contributed by atoms with E-state index < -0.39 is 0 Å². The first-order valence-corrected chi connectivity index (χ1v) is 13.1. The molecule has 39 heavy (non-hydrogen) atoms. The Morgan fingerprint density at radius 2 is 1.51 bits per heavy atom. The van der Waals surface area contributed by atoms with Crippen LogP contribution in [0.25, 0.3) is 0 Å². The predicted octanol–water partition coefficient (Wildman–Crippen LogP) is 2.87. The van der Waals surface area contributed by atoms with Crippen LogP contribution in [0.3, 0.4) is 0 Å². The maximum atomic E-state index is 13.3. The Hall–Kier alpha value is -4.31. The molecule has 0 saturated carbocycles. The molecule has 5 rings (SSSR count). The number of aromatic nitrogens is 1. The van der Waals surface area contributed by atoms with Crippen molar-refractivity contribution in [1.29, 1.82) is 0 Å². The molecule has 3 aromatic rings. The molecule has 2 aliphatic heterocycles. The lowest BCUT2D eigenvalue weighted by molar-refractivity contribution is 0.0743. The van der Waals surface area contributed by atoms with E-state index in [1.165, 1.54) is 30.5 Å². The minimum absolute atomic E-state index is 0.0724. The molecule has 0 spiro atoms. The van der Waals surface area contributed by atoms with Crippen LogP contribution in [0.15, 0.2) is 67.0 Å². The van der Waals surface area contributed by atoms with Gasteiger partial charge in [0.1, 0.15) is 5.82 Å². The SMILES string of the molecule is O=C(Nc1cc(C(=O)N2CCCNCC2)ccc1N1CCN(C(=O)c2ccc(F)cc2)CC1)c1cccnc1. The molecular formula is C29H31FN6O3. The molecule has 3 amide bonds. The smallest absolute Gasteiger partial charge is 0.257 e. The molecule has 2 aliphatic rings. The highest BCUT2D eigenvalue weighted by Gasteiger charge is 2.26. The number of benzene rings is 2. The Kier molecular flexibility index (Phi) is 8.12. The van der Waals surface area contributed by atoms with Gasteiger partial charge in [0, 0.05) is 69.3 Å². The van der Waals surface area contributed by atoms with Crippen LogP contribution in [0.5, 0.6) is 0 Å². The molecule has 1 aromatic heterocycles. The highest BCUT2D eigenvalue weighted by Crippen LogP contribution is 2.30. The Morgan fingerprint density at radius 3 is 2.26 bits per heavy atom. The number of hydrogen-bond acceptors (Lipinski definition) is 6. The van der Waals surface area contributed by atoms with Gasteiger partial charge in [0.05, 0.1) is 16.9 Å². The lowest BCUT2D eigenvalue weighted by Gasteiger charge is -2.37. The highest BCUT2D eigenvalue weighted by atomic mass is 19.1. The van der Waals surface area contributed by atoms with Crippen molar-refractivity contribution in [3.05, 3.63) is 89.5 Å². The number of amides is 3. The Balaban J connectivity index is 1.36. The van der Waals surface area contributed by atoms with Crippen molar-refractivity contribution in [2.75, 3.05) is 62.6 Å². The largest absolute Gasteiger partial charge is 0.366 e. The first-order chi connectivity index (χ1) is 19.0. The lowest BCUT2D eigenvalue weighted by atomic mass is 10.1. The molecule has 202 valence electrons. The average Bonchev–Trinajstić information content (AvgIpc) is 3.27. The van der Waals surface area contributed by atoms with Crippen LogP contribution < -0.4 is 15.5 Å². The molecule has 2 fully saturated rings. The van der Waals surface area contributed by atoms with Crippen LogP contribution in [-0.2, 0) is 0 Å². The third-order valence-corrected chi connectivity index (χ3v) is 7.04. The Labute approximate surface area is 226 Å². The van der Waals surface area contributed by atoms with Crippen molar-refractivity contribution in [2.24, 2.45) is 0 Å². The van der Waals surface area contributed by atoms with E-state index >= 15 is 0 Å². The fraction of sp³-hybridized carbons (Fsp3) is 0.310. The van der Waals surface area contributed by atoms with Crippen molar-refractivity contribution in [2.45, 2.75) is 6.42 Å². The minimum Gasteiger partial charge on any atom is -0.366 e. The predicted molar refractivity (Wildman–Crippen MR) is 147 cm³/mol. The van der Waals surface area contributed by atoms with Crippen molar-refractivity contribution in [3.63, 3.8) is 0 Å². The van der Waals surface area contributed by atoms with E-state index in [9.17, 15) is 18.8 Å². The summed E-state index contributed by atoms with van der Waals surface area (Å²) >= 11 is 0. The van der Waals surface area contributed by atoms with Crippen LogP contribution in [0.1, 0.15) is 37.5 Å². The number of nitrogens with zero attached hydrogens (tertiary/aromatic N) is 4. The second kappa shape index (κ2) is 12.0. The number of rotatable bonds is 5. The molecule has 9 nitrogen and oxygen atoms in total. The minimum atomic E-state index is -0.383. The maximum Gasteiger partial charge on any atom is 0.257 e. The summed E-state index contributed by atoms with van der Waals surface area (Å²) in [6, 6.07) is 14.3. The van der Waals surface area contributed by atoms with Gasteiger partial charge in [-0.1, -0.05) is 0 Å². The number of pyridine rings is 1. The van der Waals surface area contributed by atoms with E-state index in [0.717, 1.165) is 25.2 Å². The monoisotopic (exact) mass is 530 g/mol. The number of piperazine rings is 1. The molecule has 2 aromatic carbocycles. The molecule has 2 saturated heterocycles. The average molecular weight is 531 g/mol. The third kappa shape index (κ3) is 6.23. The van der Waals surface area contributed by atoms with E-state index in [-0.39, 0.29) is 23.5 Å². The zero-order valence-electron chi connectivity index (χ0n) is 21.6. The molecule has 0 radical (unpaired) electrons. The summed E-state index contributed by atoms with van der Waals surface area (Å²) in [6.45, 7) is 4.93. The second-order valence-corrected chi connectivity index (χ2v) is 9.61. The molecule has 0 bridgehead atoms. The maximum absolute atomic E-state index is 13.3. The van der Waals surface area contributed by atoms with Gasteiger partial charge in [-0.3, -0.25) is 19.4 Å². The number of hydrogen-bond donors (Lipinski definition) is 2. The van der Waals surface area contributed by atoms with Crippen LogP contribution in [0, 0.1) is 5.82 Å². The zero-order chi connectivity index (χ0) is 27.2. The van der Waals surface area contributed by atoms with Gasteiger partial charge in [0.2, 0.25) is 0 Å². The van der Waals surface area contributed by atoms with Crippen molar-refractivity contribution in [3.8, 4) is 0 Å². The normalized spacial score (nSPS) is 16.0. The summed E-state index contributed by atoms with van der Waals surface area (Å²) in [5, 5.41) is 6.29. The van der Waals surface area contributed by atoms with Crippen molar-refractivity contribution in [1.82, 2.24) is 20.1 Å². The fourth-order valence-electron chi connectivity index (χ4n) is 4.89. The zero-order valence-corrected chi connectivity index (χ0v) is 21.6. The van der Waals surface area contributed by atoms with Crippen LogP contribution in [-0.4, -0.2) is 84.9 Å². The van der Waals surface area contributed by atoms with E-state index in [1.807, 2.05) is 11.0 Å². The summed E-state index contributed by atoms with van der Waals surface area (Å²) in [6.07, 6.45) is 3.98. The van der Waals surface area contributed by atoms with E-state index in [0.29, 0.717) is 61.6 Å². The van der Waals surface area contributed by atoms with Crippen LogP contribution in [0.4, 0.5) is 15.8 Å². The Morgan fingerprint density at radius 1 is 0.795 bits per heavy atom. The highest BCUT2D eigenvalue weighted by molar-refractivity contribution is 6.07. The van der Waals surface area contributed by atoms with Crippen molar-refractivity contribution < 1.29 is 18.8 Å². The van der Waals surface area contributed by atoms with E-state index in [2.05, 4.69) is 20.5 Å². The first kappa shape index (κ1) is 26.3. The van der Waals surface area contributed by atoms with Crippen LogP contribution >= 0.6 is 0 Å². The number of anilines is 2. The van der Waals surface area contributed by atoms with Gasteiger partial charge in [0.15, 0.2) is 0 Å². The number of halogens is 1. The first-order valence-electron chi connectivity index (χ1n) is 13.1. The van der Waals surface area contributed by atoms with Gasteiger partial charge >= 0.3 is 0 Å².